The highest BCUT2D eigenvalue weighted by atomic mass is 19.3. The molecule has 4 heteroatoms. The third-order valence-electron chi connectivity index (χ3n) is 2.52. The largest absolute Gasteiger partial charge is 0.481 e. The number of carboxylic acids is 1. The molecule has 1 N–H and O–H groups in total. The zero-order valence-electron chi connectivity index (χ0n) is 9.42. The number of carboxylic acid groups (broad SMARTS) is 1. The van der Waals surface area contributed by atoms with Crippen molar-refractivity contribution in [1.29, 1.82) is 0 Å². The van der Waals surface area contributed by atoms with Gasteiger partial charge in [0.15, 0.2) is 0 Å². The number of benzene rings is 1. The molecule has 0 aromatic heterocycles. The van der Waals surface area contributed by atoms with Crippen molar-refractivity contribution in [3.8, 4) is 0 Å². The Labute approximate surface area is 92.9 Å². The molecule has 0 heterocycles. The van der Waals surface area contributed by atoms with Crippen molar-refractivity contribution in [3.05, 3.63) is 34.9 Å². The molecule has 0 radical (unpaired) electrons. The Morgan fingerprint density at radius 1 is 1.44 bits per heavy atom. The van der Waals surface area contributed by atoms with Gasteiger partial charge in [-0.25, -0.2) is 8.78 Å². The zero-order valence-corrected chi connectivity index (χ0v) is 9.42. The Kier molecular flexibility index (Phi) is 3.31. The molecular weight excluding hydrogens is 214 g/mol. The molecule has 0 aliphatic carbocycles. The molecule has 0 spiro atoms. The highest BCUT2D eigenvalue weighted by Crippen LogP contribution is 2.34. The van der Waals surface area contributed by atoms with Crippen LogP contribution >= 0.6 is 0 Å². The van der Waals surface area contributed by atoms with E-state index < -0.39 is 17.8 Å². The lowest BCUT2D eigenvalue weighted by Gasteiger charge is -2.18. The summed E-state index contributed by atoms with van der Waals surface area (Å²) in [4.78, 5) is 10.8. The average molecular weight is 228 g/mol. The highest BCUT2D eigenvalue weighted by molar-refractivity contribution is 5.76. The Morgan fingerprint density at radius 2 is 2.00 bits per heavy atom. The molecule has 88 valence electrons. The number of hydrogen-bond donors (Lipinski definition) is 1. The van der Waals surface area contributed by atoms with Crippen LogP contribution < -0.4 is 0 Å². The van der Waals surface area contributed by atoms with Crippen molar-refractivity contribution in [1.82, 2.24) is 0 Å². The minimum Gasteiger partial charge on any atom is -0.481 e. The number of halogens is 2. The van der Waals surface area contributed by atoms with Crippen LogP contribution in [0.2, 0.25) is 0 Å². The van der Waals surface area contributed by atoms with Crippen LogP contribution in [0.4, 0.5) is 8.78 Å². The number of hydrogen-bond acceptors (Lipinski definition) is 1. The predicted octanol–water partition coefficient (Wildman–Crippen LogP) is 3.29. The van der Waals surface area contributed by atoms with E-state index in [2.05, 4.69) is 0 Å². The second kappa shape index (κ2) is 4.20. The van der Waals surface area contributed by atoms with E-state index >= 15 is 0 Å². The van der Waals surface area contributed by atoms with Gasteiger partial charge in [0.25, 0.3) is 5.92 Å². The maximum atomic E-state index is 13.3. The van der Waals surface area contributed by atoms with Gasteiger partial charge in [-0.1, -0.05) is 23.8 Å². The maximum Gasteiger partial charge on any atom is 0.310 e. The summed E-state index contributed by atoms with van der Waals surface area (Å²) in [5.74, 6) is -5.05. The van der Waals surface area contributed by atoms with Crippen molar-refractivity contribution in [3.63, 3.8) is 0 Å². The Hall–Kier alpha value is -1.45. The van der Waals surface area contributed by atoms with Gasteiger partial charge in [0.1, 0.15) is 0 Å². The van der Waals surface area contributed by atoms with Gasteiger partial charge in [-0.2, -0.15) is 0 Å². The summed E-state index contributed by atoms with van der Waals surface area (Å²) in [6.07, 6.45) is 0. The quantitative estimate of drug-likeness (QED) is 0.861. The lowest BCUT2D eigenvalue weighted by molar-refractivity contribution is -0.138. The van der Waals surface area contributed by atoms with Crippen molar-refractivity contribution >= 4 is 5.97 Å². The van der Waals surface area contributed by atoms with Crippen molar-refractivity contribution < 1.29 is 18.7 Å². The molecule has 16 heavy (non-hydrogen) atoms. The van der Waals surface area contributed by atoms with Crippen LogP contribution in [0.3, 0.4) is 0 Å². The Balaban J connectivity index is 3.35. The molecule has 2 nitrogen and oxygen atoms in total. The second-order valence-corrected chi connectivity index (χ2v) is 4.04. The van der Waals surface area contributed by atoms with Crippen molar-refractivity contribution in [2.24, 2.45) is 0 Å². The van der Waals surface area contributed by atoms with E-state index in [1.807, 2.05) is 0 Å². The fourth-order valence-corrected chi connectivity index (χ4v) is 1.57. The topological polar surface area (TPSA) is 37.3 Å². The molecule has 0 aliphatic rings. The molecule has 0 fully saturated rings. The standard InChI is InChI=1S/C12H14F2O2/c1-7-4-5-10(12(3,13)14)9(6-7)8(2)11(15)16/h4-6,8H,1-3H3,(H,15,16). The van der Waals surface area contributed by atoms with Crippen LogP contribution in [0.15, 0.2) is 18.2 Å². The maximum absolute atomic E-state index is 13.3. The first-order valence-electron chi connectivity index (χ1n) is 4.95. The number of aliphatic carboxylic acids is 1. The van der Waals surface area contributed by atoms with Gasteiger partial charge in [-0.3, -0.25) is 4.79 Å². The van der Waals surface area contributed by atoms with Gasteiger partial charge in [-0.15, -0.1) is 0 Å². The number of aryl methyl sites for hydroxylation is 1. The lowest BCUT2D eigenvalue weighted by atomic mass is 9.91. The third-order valence-corrected chi connectivity index (χ3v) is 2.52. The summed E-state index contributed by atoms with van der Waals surface area (Å²) < 4.78 is 26.6. The molecular formula is C12H14F2O2. The average Bonchev–Trinajstić information content (AvgIpc) is 2.14. The molecule has 0 bridgehead atoms. The molecule has 0 saturated carbocycles. The van der Waals surface area contributed by atoms with E-state index in [1.54, 1.807) is 13.0 Å². The van der Waals surface area contributed by atoms with Crippen molar-refractivity contribution in [2.45, 2.75) is 32.6 Å². The normalized spacial score (nSPS) is 13.6. The van der Waals surface area contributed by atoms with E-state index in [-0.39, 0.29) is 11.1 Å². The molecule has 0 aliphatic heterocycles. The summed E-state index contributed by atoms with van der Waals surface area (Å²) in [6, 6.07) is 4.36. The van der Waals surface area contributed by atoms with Crippen LogP contribution in [0.1, 0.15) is 36.5 Å². The summed E-state index contributed by atoms with van der Waals surface area (Å²) >= 11 is 0. The minimum atomic E-state index is -3.02. The second-order valence-electron chi connectivity index (χ2n) is 4.04. The third kappa shape index (κ3) is 2.56. The summed E-state index contributed by atoms with van der Waals surface area (Å²) in [7, 11) is 0. The number of rotatable bonds is 3. The molecule has 0 amide bonds. The van der Waals surface area contributed by atoms with E-state index in [4.69, 9.17) is 5.11 Å². The fourth-order valence-electron chi connectivity index (χ4n) is 1.57. The molecule has 1 unspecified atom stereocenters. The number of carbonyl (C=O) groups is 1. The van der Waals surface area contributed by atoms with Crippen LogP contribution in [-0.2, 0) is 10.7 Å². The van der Waals surface area contributed by atoms with E-state index in [9.17, 15) is 13.6 Å². The van der Waals surface area contributed by atoms with Gasteiger partial charge < -0.3 is 5.11 Å². The molecule has 1 atom stereocenters. The van der Waals surface area contributed by atoms with Gasteiger partial charge in [-0.05, 0) is 19.4 Å². The molecule has 1 aromatic rings. The van der Waals surface area contributed by atoms with Crippen molar-refractivity contribution in [2.75, 3.05) is 0 Å². The molecule has 0 saturated heterocycles. The first kappa shape index (κ1) is 12.6. The predicted molar refractivity (Wildman–Crippen MR) is 56.8 cm³/mol. The van der Waals surface area contributed by atoms with Crippen LogP contribution in [-0.4, -0.2) is 11.1 Å². The first-order chi connectivity index (χ1) is 7.23. The summed E-state index contributed by atoms with van der Waals surface area (Å²) in [6.45, 7) is 3.93. The smallest absolute Gasteiger partial charge is 0.310 e. The van der Waals surface area contributed by atoms with Crippen LogP contribution in [0.5, 0.6) is 0 Å². The Bertz CT molecular complexity index is 408. The highest BCUT2D eigenvalue weighted by Gasteiger charge is 2.30. The van der Waals surface area contributed by atoms with Gasteiger partial charge in [0.05, 0.1) is 5.92 Å². The number of alkyl halides is 2. The molecule has 1 aromatic carbocycles. The minimum absolute atomic E-state index is 0.181. The van der Waals surface area contributed by atoms with Crippen LogP contribution in [0, 0.1) is 6.92 Å². The summed E-state index contributed by atoms with van der Waals surface area (Å²) in [5, 5.41) is 8.87. The zero-order chi connectivity index (χ0) is 12.5. The lowest BCUT2D eigenvalue weighted by Crippen LogP contribution is -2.16. The first-order valence-corrected chi connectivity index (χ1v) is 4.95. The fraction of sp³-hybridized carbons (Fsp3) is 0.417. The SMILES string of the molecule is Cc1ccc(C(C)(F)F)c(C(C)C(=O)O)c1. The van der Waals surface area contributed by atoms with Gasteiger partial charge in [0.2, 0.25) is 0 Å². The van der Waals surface area contributed by atoms with Gasteiger partial charge in [0, 0.05) is 12.5 Å². The Morgan fingerprint density at radius 3 is 2.44 bits per heavy atom. The molecule has 1 rings (SSSR count). The van der Waals surface area contributed by atoms with Gasteiger partial charge >= 0.3 is 5.97 Å². The monoisotopic (exact) mass is 228 g/mol. The van der Waals surface area contributed by atoms with E-state index in [1.165, 1.54) is 19.1 Å². The van der Waals surface area contributed by atoms with Crippen LogP contribution in [0.25, 0.3) is 0 Å². The van der Waals surface area contributed by atoms with E-state index in [0.717, 1.165) is 12.5 Å². The summed E-state index contributed by atoms with van der Waals surface area (Å²) in [5.41, 5.74) is 0.740. The van der Waals surface area contributed by atoms with E-state index in [0.29, 0.717) is 0 Å².